The van der Waals surface area contributed by atoms with Crippen LogP contribution in [0, 0.1) is 0 Å². The lowest BCUT2D eigenvalue weighted by atomic mass is 10.1. The second-order valence-electron chi connectivity index (χ2n) is 4.13. The maximum Gasteiger partial charge on any atom is 0.326 e. The van der Waals surface area contributed by atoms with Crippen LogP contribution >= 0.6 is 0 Å². The van der Waals surface area contributed by atoms with E-state index in [9.17, 15) is 14.4 Å². The first-order valence-corrected chi connectivity index (χ1v) is 5.98. The number of carboxylic acid groups (broad SMARTS) is 1. The van der Waals surface area contributed by atoms with E-state index >= 15 is 0 Å². The van der Waals surface area contributed by atoms with Gasteiger partial charge in [0.25, 0.3) is 0 Å². The molecule has 0 rings (SSSR count). The van der Waals surface area contributed by atoms with Gasteiger partial charge in [-0.15, -0.1) is 0 Å². The van der Waals surface area contributed by atoms with Crippen molar-refractivity contribution in [2.45, 2.75) is 39.2 Å². The summed E-state index contributed by atoms with van der Waals surface area (Å²) in [6, 6.07) is -0.876. The van der Waals surface area contributed by atoms with Crippen molar-refractivity contribution in [3.05, 3.63) is 12.0 Å². The van der Waals surface area contributed by atoms with Gasteiger partial charge in [0.05, 0.1) is 0 Å². The molecule has 0 bridgehead atoms. The standard InChI is InChI=1S/C12H20N2O5/c1-8(15)11(17)7-13-6-4-3-5-10(12(18)19)14-9(2)16/h7,10,13,17H,3-6H2,1-2H3,(H,14,16)(H,18,19)/b11-7-/t10-/m0/s1. The summed E-state index contributed by atoms with van der Waals surface area (Å²) in [5.41, 5.74) is 0. The molecule has 0 radical (unpaired) electrons. The predicted octanol–water partition coefficient (Wildman–Crippen LogP) is 0.324. The number of unbranched alkanes of at least 4 members (excludes halogenated alkanes) is 1. The van der Waals surface area contributed by atoms with Crippen LogP contribution in [-0.2, 0) is 14.4 Å². The van der Waals surface area contributed by atoms with Crippen LogP contribution in [0.15, 0.2) is 12.0 Å². The summed E-state index contributed by atoms with van der Waals surface area (Å²) in [4.78, 5) is 32.3. The van der Waals surface area contributed by atoms with Crippen LogP contribution in [0.4, 0.5) is 0 Å². The van der Waals surface area contributed by atoms with Crippen LogP contribution in [0.25, 0.3) is 0 Å². The molecule has 1 amide bonds. The van der Waals surface area contributed by atoms with Gasteiger partial charge in [-0.2, -0.15) is 0 Å². The van der Waals surface area contributed by atoms with E-state index in [0.717, 1.165) is 0 Å². The number of aliphatic carboxylic acids is 1. The first-order valence-electron chi connectivity index (χ1n) is 5.98. The smallest absolute Gasteiger partial charge is 0.326 e. The minimum atomic E-state index is -1.06. The fourth-order valence-corrected chi connectivity index (χ4v) is 1.35. The maximum absolute atomic E-state index is 10.8. The van der Waals surface area contributed by atoms with E-state index in [2.05, 4.69) is 10.6 Å². The van der Waals surface area contributed by atoms with Crippen molar-refractivity contribution in [1.82, 2.24) is 10.6 Å². The average molecular weight is 272 g/mol. The molecule has 0 spiro atoms. The maximum atomic E-state index is 10.8. The van der Waals surface area contributed by atoms with Crippen LogP contribution in [0.3, 0.4) is 0 Å². The molecule has 19 heavy (non-hydrogen) atoms. The van der Waals surface area contributed by atoms with Gasteiger partial charge in [0.2, 0.25) is 5.91 Å². The van der Waals surface area contributed by atoms with Crippen LogP contribution < -0.4 is 10.6 Å². The average Bonchev–Trinajstić information content (AvgIpc) is 2.30. The van der Waals surface area contributed by atoms with E-state index in [1.165, 1.54) is 20.0 Å². The highest BCUT2D eigenvalue weighted by Gasteiger charge is 2.17. The Morgan fingerprint density at radius 3 is 2.26 bits per heavy atom. The van der Waals surface area contributed by atoms with Crippen molar-refractivity contribution in [3.8, 4) is 0 Å². The Morgan fingerprint density at radius 1 is 1.16 bits per heavy atom. The van der Waals surface area contributed by atoms with Crippen LogP contribution in [0.2, 0.25) is 0 Å². The van der Waals surface area contributed by atoms with Crippen molar-refractivity contribution in [2.24, 2.45) is 0 Å². The molecular formula is C12H20N2O5. The SMILES string of the molecule is CC(=O)N[C@@H](CCCCN/C=C(\O)C(C)=O)C(=O)O. The van der Waals surface area contributed by atoms with E-state index in [1.54, 1.807) is 0 Å². The molecular weight excluding hydrogens is 252 g/mol. The molecule has 0 saturated carbocycles. The van der Waals surface area contributed by atoms with Crippen molar-refractivity contribution in [1.29, 1.82) is 0 Å². The number of aliphatic hydroxyl groups is 1. The fourth-order valence-electron chi connectivity index (χ4n) is 1.35. The number of carboxylic acids is 1. The molecule has 0 saturated heterocycles. The van der Waals surface area contributed by atoms with Crippen LogP contribution in [0.5, 0.6) is 0 Å². The summed E-state index contributed by atoms with van der Waals surface area (Å²) in [7, 11) is 0. The van der Waals surface area contributed by atoms with Crippen molar-refractivity contribution in [3.63, 3.8) is 0 Å². The second-order valence-corrected chi connectivity index (χ2v) is 4.13. The lowest BCUT2D eigenvalue weighted by Gasteiger charge is -2.12. The molecule has 0 aliphatic rings. The Kier molecular flexibility index (Phi) is 7.99. The summed E-state index contributed by atoms with van der Waals surface area (Å²) in [6.45, 7) is 3.02. The number of ketones is 1. The van der Waals surface area contributed by atoms with Crippen molar-refractivity contribution < 1.29 is 24.6 Å². The van der Waals surface area contributed by atoms with E-state index in [0.29, 0.717) is 25.8 Å². The zero-order valence-electron chi connectivity index (χ0n) is 11.1. The van der Waals surface area contributed by atoms with E-state index in [1.807, 2.05) is 0 Å². The van der Waals surface area contributed by atoms with Crippen LogP contribution in [-0.4, -0.2) is 40.5 Å². The summed E-state index contributed by atoms with van der Waals surface area (Å²) < 4.78 is 0. The van der Waals surface area contributed by atoms with Gasteiger partial charge < -0.3 is 20.8 Å². The first-order chi connectivity index (χ1) is 8.84. The number of hydrogen-bond acceptors (Lipinski definition) is 5. The molecule has 0 aliphatic carbocycles. The van der Waals surface area contributed by atoms with E-state index < -0.39 is 17.8 Å². The third-order valence-corrected chi connectivity index (χ3v) is 2.34. The quantitative estimate of drug-likeness (QED) is 0.273. The van der Waals surface area contributed by atoms with Crippen molar-refractivity contribution in [2.75, 3.05) is 6.54 Å². The largest absolute Gasteiger partial charge is 0.503 e. The predicted molar refractivity (Wildman–Crippen MR) is 68.5 cm³/mol. The Labute approximate surface area is 111 Å². The zero-order valence-corrected chi connectivity index (χ0v) is 11.1. The second kappa shape index (κ2) is 8.96. The lowest BCUT2D eigenvalue weighted by Crippen LogP contribution is -2.39. The van der Waals surface area contributed by atoms with Gasteiger partial charge in [-0.05, 0) is 19.3 Å². The number of Topliss-reactive ketones (excluding diaryl/α,β-unsaturated/α-hetero) is 1. The Bertz CT molecular complexity index is 365. The van der Waals surface area contributed by atoms with Crippen molar-refractivity contribution >= 4 is 17.7 Å². The van der Waals surface area contributed by atoms with Gasteiger partial charge in [-0.3, -0.25) is 9.59 Å². The van der Waals surface area contributed by atoms with E-state index in [-0.39, 0.29) is 11.7 Å². The van der Waals surface area contributed by atoms with Gasteiger partial charge in [-0.1, -0.05) is 0 Å². The zero-order chi connectivity index (χ0) is 14.8. The molecule has 0 heterocycles. The van der Waals surface area contributed by atoms with Crippen LogP contribution in [0.1, 0.15) is 33.1 Å². The highest BCUT2D eigenvalue weighted by Crippen LogP contribution is 2.01. The monoisotopic (exact) mass is 272 g/mol. The first kappa shape index (κ1) is 16.9. The van der Waals surface area contributed by atoms with Gasteiger partial charge in [0.15, 0.2) is 11.5 Å². The van der Waals surface area contributed by atoms with Gasteiger partial charge in [0, 0.05) is 26.6 Å². The number of aliphatic hydroxyl groups excluding tert-OH is 1. The molecule has 0 aromatic carbocycles. The summed E-state index contributed by atoms with van der Waals surface area (Å²) in [5.74, 6) is -2.21. The Morgan fingerprint density at radius 2 is 1.79 bits per heavy atom. The minimum absolute atomic E-state index is 0.332. The van der Waals surface area contributed by atoms with Gasteiger partial charge >= 0.3 is 5.97 Å². The molecule has 0 aliphatic heterocycles. The molecule has 0 unspecified atom stereocenters. The molecule has 0 aromatic rings. The molecule has 0 aromatic heterocycles. The molecule has 0 fully saturated rings. The highest BCUT2D eigenvalue weighted by molar-refractivity contribution is 5.90. The molecule has 7 heteroatoms. The summed E-state index contributed by atoms with van der Waals surface area (Å²) in [6.07, 6.45) is 2.80. The minimum Gasteiger partial charge on any atom is -0.503 e. The molecule has 7 nitrogen and oxygen atoms in total. The number of amides is 1. The Balaban J connectivity index is 3.83. The van der Waals surface area contributed by atoms with Gasteiger partial charge in [0.1, 0.15) is 6.04 Å². The number of carbonyl (C=O) groups excluding carboxylic acids is 2. The van der Waals surface area contributed by atoms with E-state index in [4.69, 9.17) is 10.2 Å². The molecule has 108 valence electrons. The molecule has 4 N–H and O–H groups in total. The number of nitrogens with one attached hydrogen (secondary N) is 2. The third-order valence-electron chi connectivity index (χ3n) is 2.34. The number of hydrogen-bond donors (Lipinski definition) is 4. The number of allylic oxidation sites excluding steroid dienone is 1. The third kappa shape index (κ3) is 8.64. The fraction of sp³-hybridized carbons (Fsp3) is 0.583. The number of carbonyl (C=O) groups is 3. The number of rotatable bonds is 9. The summed E-state index contributed by atoms with van der Waals surface area (Å²) >= 11 is 0. The highest BCUT2D eigenvalue weighted by atomic mass is 16.4. The normalized spacial score (nSPS) is 12.6. The molecule has 1 atom stereocenters. The summed E-state index contributed by atoms with van der Waals surface area (Å²) in [5, 5.41) is 23.0. The Hall–Kier alpha value is -2.05. The van der Waals surface area contributed by atoms with Gasteiger partial charge in [-0.25, -0.2) is 4.79 Å². The topological polar surface area (TPSA) is 116 Å². The lowest BCUT2D eigenvalue weighted by molar-refractivity contribution is -0.141.